The summed E-state index contributed by atoms with van der Waals surface area (Å²) in [7, 11) is -3.03. The Kier molecular flexibility index (Phi) is 15.3. The average molecular weight is 618 g/mol. The number of aryl methyl sites for hydroxylation is 1. The van der Waals surface area contributed by atoms with Crippen molar-refractivity contribution in [1.29, 1.82) is 0 Å². The third-order valence-electron chi connectivity index (χ3n) is 7.04. The second-order valence-electron chi connectivity index (χ2n) is 10.6. The van der Waals surface area contributed by atoms with Gasteiger partial charge >= 0.3 is 7.82 Å². The fraction of sp³-hybridized carbons (Fsp3) is 0.545. The molecule has 0 aliphatic heterocycles. The van der Waals surface area contributed by atoms with E-state index in [0.29, 0.717) is 18.8 Å². The zero-order valence-corrected chi connectivity index (χ0v) is 27.2. The number of thiazole rings is 1. The monoisotopic (exact) mass is 617 g/mol. The topological polar surface area (TPSA) is 87.1 Å². The lowest BCUT2D eigenvalue weighted by atomic mass is 10.1. The average Bonchev–Trinajstić information content (AvgIpc) is 3.42. The standard InChI is InChI=1S/C33H48NO6PS/c1-4-6-7-8-9-10-11-12-13-14-15-16-23-38-30-21-18-22-31(33(30)37-3)40-41(35,36)39-28-20-17-19-27(24-28)25-32-34-26-29(5-2)42-32/h17-22,24,26H,4-16,23,25H2,1-3H3,(H,35,36). The molecule has 7 nitrogen and oxygen atoms in total. The van der Waals surface area contributed by atoms with E-state index in [2.05, 4.69) is 18.8 Å². The summed E-state index contributed by atoms with van der Waals surface area (Å²) in [6.45, 7) is 4.89. The first-order chi connectivity index (χ1) is 20.4. The molecule has 0 amide bonds. The molecule has 0 saturated heterocycles. The molecule has 2 aromatic carbocycles. The summed E-state index contributed by atoms with van der Waals surface area (Å²) in [5.74, 6) is 1.05. The zero-order valence-electron chi connectivity index (χ0n) is 25.5. The van der Waals surface area contributed by atoms with Gasteiger partial charge in [-0.05, 0) is 42.7 Å². The fourth-order valence-corrected chi connectivity index (χ4v) is 6.47. The van der Waals surface area contributed by atoms with Crippen LogP contribution >= 0.6 is 19.2 Å². The number of nitrogens with zero attached hydrogens (tertiary/aromatic N) is 1. The molecule has 3 rings (SSSR count). The van der Waals surface area contributed by atoms with Crippen LogP contribution in [-0.2, 0) is 17.4 Å². The van der Waals surface area contributed by atoms with Crippen molar-refractivity contribution in [3.63, 3.8) is 0 Å². The third kappa shape index (κ3) is 12.4. The number of unbranched alkanes of at least 4 members (excludes halogenated alkanes) is 11. The van der Waals surface area contributed by atoms with Crippen molar-refractivity contribution in [2.45, 2.75) is 104 Å². The molecular formula is C33H48NO6PS. The molecule has 0 radical (unpaired) electrons. The normalized spacial score (nSPS) is 12.6. The maximum Gasteiger partial charge on any atom is 0.585 e. The molecule has 1 heterocycles. The number of rotatable bonds is 22. The van der Waals surface area contributed by atoms with Gasteiger partial charge in [-0.3, -0.25) is 4.89 Å². The van der Waals surface area contributed by atoms with Crippen LogP contribution in [0.15, 0.2) is 48.7 Å². The minimum absolute atomic E-state index is 0.0848. The summed E-state index contributed by atoms with van der Waals surface area (Å²) in [5, 5.41) is 0.984. The Morgan fingerprint density at radius 2 is 1.48 bits per heavy atom. The van der Waals surface area contributed by atoms with Gasteiger partial charge in [0, 0.05) is 17.5 Å². The van der Waals surface area contributed by atoms with E-state index in [4.69, 9.17) is 18.5 Å². The number of methoxy groups -OCH3 is 1. The first-order valence-electron chi connectivity index (χ1n) is 15.5. The van der Waals surface area contributed by atoms with Crippen LogP contribution in [0.5, 0.6) is 23.0 Å². The van der Waals surface area contributed by atoms with Crippen LogP contribution in [0.3, 0.4) is 0 Å². The molecule has 0 saturated carbocycles. The molecule has 42 heavy (non-hydrogen) atoms. The Hall–Kier alpha value is -2.54. The Morgan fingerprint density at radius 1 is 0.833 bits per heavy atom. The van der Waals surface area contributed by atoms with E-state index in [1.54, 1.807) is 47.7 Å². The Labute approximate surface area is 256 Å². The minimum atomic E-state index is -4.51. The van der Waals surface area contributed by atoms with Gasteiger partial charge in [-0.15, -0.1) is 11.3 Å². The van der Waals surface area contributed by atoms with E-state index in [0.717, 1.165) is 29.8 Å². The largest absolute Gasteiger partial charge is 0.585 e. The van der Waals surface area contributed by atoms with E-state index in [1.165, 1.54) is 76.2 Å². The summed E-state index contributed by atoms with van der Waals surface area (Å²) in [5.41, 5.74) is 0.926. The summed E-state index contributed by atoms with van der Waals surface area (Å²) < 4.78 is 35.2. The molecule has 0 aliphatic carbocycles. The number of phosphoric ester groups is 1. The molecule has 0 spiro atoms. The van der Waals surface area contributed by atoms with Gasteiger partial charge in [-0.25, -0.2) is 9.55 Å². The molecule has 0 aliphatic rings. The van der Waals surface area contributed by atoms with Crippen molar-refractivity contribution in [3.05, 3.63) is 64.1 Å². The minimum Gasteiger partial charge on any atom is -0.490 e. The molecule has 232 valence electrons. The smallest absolute Gasteiger partial charge is 0.490 e. The summed E-state index contributed by atoms with van der Waals surface area (Å²) in [6.07, 6.45) is 18.8. The fourth-order valence-electron chi connectivity index (χ4n) is 4.76. The predicted molar refractivity (Wildman–Crippen MR) is 171 cm³/mol. The quantitative estimate of drug-likeness (QED) is 0.0887. The van der Waals surface area contributed by atoms with Crippen molar-refractivity contribution >= 4 is 19.2 Å². The lowest BCUT2D eigenvalue weighted by Gasteiger charge is -2.18. The Balaban J connectivity index is 1.43. The molecule has 1 atom stereocenters. The van der Waals surface area contributed by atoms with Gasteiger partial charge < -0.3 is 18.5 Å². The van der Waals surface area contributed by atoms with Crippen LogP contribution in [0.1, 0.15) is 106 Å². The van der Waals surface area contributed by atoms with Gasteiger partial charge in [-0.2, -0.15) is 0 Å². The highest BCUT2D eigenvalue weighted by Gasteiger charge is 2.28. The molecular weight excluding hydrogens is 569 g/mol. The summed E-state index contributed by atoms with van der Waals surface area (Å²) >= 11 is 1.66. The number of phosphoric acid groups is 1. The van der Waals surface area contributed by atoms with Crippen molar-refractivity contribution in [3.8, 4) is 23.0 Å². The molecule has 1 aromatic heterocycles. The van der Waals surface area contributed by atoms with Gasteiger partial charge in [0.05, 0.1) is 18.7 Å². The van der Waals surface area contributed by atoms with Crippen molar-refractivity contribution in [2.75, 3.05) is 13.7 Å². The van der Waals surface area contributed by atoms with Crippen molar-refractivity contribution in [2.24, 2.45) is 0 Å². The molecule has 3 aromatic rings. The van der Waals surface area contributed by atoms with E-state index < -0.39 is 7.82 Å². The molecule has 1 unspecified atom stereocenters. The molecule has 1 N–H and O–H groups in total. The number of hydrogen-bond donors (Lipinski definition) is 1. The lowest BCUT2D eigenvalue weighted by Crippen LogP contribution is -2.04. The van der Waals surface area contributed by atoms with Crippen molar-refractivity contribution < 1.29 is 28.0 Å². The van der Waals surface area contributed by atoms with Crippen LogP contribution in [-0.4, -0.2) is 23.6 Å². The van der Waals surface area contributed by atoms with E-state index in [1.807, 2.05) is 12.3 Å². The van der Waals surface area contributed by atoms with E-state index in [9.17, 15) is 9.46 Å². The van der Waals surface area contributed by atoms with Gasteiger partial charge in [0.1, 0.15) is 5.75 Å². The first kappa shape index (κ1) is 34.0. The van der Waals surface area contributed by atoms with E-state index >= 15 is 0 Å². The number of hydrogen-bond acceptors (Lipinski definition) is 7. The number of benzene rings is 2. The lowest BCUT2D eigenvalue weighted by molar-refractivity contribution is 0.267. The predicted octanol–water partition coefficient (Wildman–Crippen LogP) is 9.94. The Bertz CT molecular complexity index is 1230. The van der Waals surface area contributed by atoms with Crippen LogP contribution in [0.4, 0.5) is 0 Å². The van der Waals surface area contributed by atoms with Crippen LogP contribution < -0.4 is 18.5 Å². The van der Waals surface area contributed by atoms with Gasteiger partial charge in [0.2, 0.25) is 5.75 Å². The molecule has 0 fully saturated rings. The second-order valence-corrected chi connectivity index (χ2v) is 13.1. The number of para-hydroxylation sites is 1. The van der Waals surface area contributed by atoms with E-state index in [-0.39, 0.29) is 17.2 Å². The van der Waals surface area contributed by atoms with Gasteiger partial charge in [-0.1, -0.05) is 103 Å². The molecule has 9 heteroatoms. The maximum atomic E-state index is 12.9. The highest BCUT2D eigenvalue weighted by molar-refractivity contribution is 7.48. The SMILES string of the molecule is CCCCCCCCCCCCCCOc1cccc(OP(=O)(O)Oc2cccc(Cc3ncc(CC)s3)c2)c1OC. The summed E-state index contributed by atoms with van der Waals surface area (Å²) in [6, 6.07) is 12.1. The highest BCUT2D eigenvalue weighted by Crippen LogP contribution is 2.49. The number of aromatic nitrogens is 1. The highest BCUT2D eigenvalue weighted by atomic mass is 32.1. The van der Waals surface area contributed by atoms with Crippen molar-refractivity contribution in [1.82, 2.24) is 4.98 Å². The van der Waals surface area contributed by atoms with Crippen LogP contribution in [0.2, 0.25) is 0 Å². The van der Waals surface area contributed by atoms with Crippen LogP contribution in [0, 0.1) is 0 Å². The molecule has 0 bridgehead atoms. The van der Waals surface area contributed by atoms with Gasteiger partial charge in [0.25, 0.3) is 0 Å². The Morgan fingerprint density at radius 3 is 2.12 bits per heavy atom. The van der Waals surface area contributed by atoms with Crippen LogP contribution in [0.25, 0.3) is 0 Å². The summed E-state index contributed by atoms with van der Waals surface area (Å²) in [4.78, 5) is 16.2. The second kappa shape index (κ2) is 18.9. The maximum absolute atomic E-state index is 12.9. The van der Waals surface area contributed by atoms with Gasteiger partial charge in [0.15, 0.2) is 11.5 Å². The number of ether oxygens (including phenoxy) is 2. The third-order valence-corrected chi connectivity index (χ3v) is 9.05. The zero-order chi connectivity index (χ0) is 30.0. The first-order valence-corrected chi connectivity index (χ1v) is 17.8.